The second-order valence-corrected chi connectivity index (χ2v) is 4.11. The van der Waals surface area contributed by atoms with Crippen molar-refractivity contribution < 1.29 is 24.3 Å². The van der Waals surface area contributed by atoms with Crippen LogP contribution in [0.4, 0.5) is 5.69 Å². The van der Waals surface area contributed by atoms with E-state index in [1.54, 1.807) is 6.92 Å². The van der Waals surface area contributed by atoms with Gasteiger partial charge in [-0.05, 0) is 6.07 Å². The highest BCUT2D eigenvalue weighted by molar-refractivity contribution is 5.69. The Morgan fingerprint density at radius 2 is 2.21 bits per heavy atom. The van der Waals surface area contributed by atoms with Gasteiger partial charge in [-0.15, -0.1) is 0 Å². The Morgan fingerprint density at radius 3 is 2.79 bits per heavy atom. The number of benzene rings is 1. The van der Waals surface area contributed by atoms with Gasteiger partial charge >= 0.3 is 5.97 Å². The summed E-state index contributed by atoms with van der Waals surface area (Å²) in [6.07, 6.45) is 0.173. The minimum atomic E-state index is -0.579. The zero-order valence-corrected chi connectivity index (χ0v) is 10.7. The van der Waals surface area contributed by atoms with Crippen LogP contribution in [0.3, 0.4) is 0 Å². The van der Waals surface area contributed by atoms with Gasteiger partial charge in [-0.1, -0.05) is 6.92 Å². The lowest BCUT2D eigenvalue weighted by Crippen LogP contribution is -2.14. The van der Waals surface area contributed by atoms with Crippen LogP contribution in [0.2, 0.25) is 0 Å². The van der Waals surface area contributed by atoms with E-state index in [1.165, 1.54) is 19.2 Å². The fraction of sp³-hybridized carbons (Fsp3) is 0.417. The van der Waals surface area contributed by atoms with E-state index < -0.39 is 4.92 Å². The van der Waals surface area contributed by atoms with Gasteiger partial charge in [0.25, 0.3) is 5.69 Å². The number of esters is 1. The second-order valence-electron chi connectivity index (χ2n) is 4.11. The van der Waals surface area contributed by atoms with Crippen molar-refractivity contribution in [2.75, 3.05) is 13.7 Å². The molecule has 0 saturated heterocycles. The molecule has 1 unspecified atom stereocenters. The van der Waals surface area contributed by atoms with Crippen LogP contribution in [-0.4, -0.2) is 29.7 Å². The number of hydrogen-bond donors (Lipinski definition) is 1. The van der Waals surface area contributed by atoms with Gasteiger partial charge in [0.15, 0.2) is 11.5 Å². The van der Waals surface area contributed by atoms with E-state index in [0.29, 0.717) is 0 Å². The minimum Gasteiger partial charge on any atom is -0.504 e. The van der Waals surface area contributed by atoms with E-state index >= 15 is 0 Å². The first-order valence-electron chi connectivity index (χ1n) is 5.61. The van der Waals surface area contributed by atoms with E-state index in [9.17, 15) is 20.0 Å². The normalized spacial score (nSPS) is 11.7. The number of carbonyl (C=O) groups is 1. The average Bonchev–Trinajstić information content (AvgIpc) is 2.37. The Hall–Kier alpha value is -2.31. The number of rotatable bonds is 6. The Balaban J connectivity index is 2.64. The Bertz CT molecular complexity index is 473. The monoisotopic (exact) mass is 269 g/mol. The minimum absolute atomic E-state index is 0.0194. The molecule has 1 N–H and O–H groups in total. The molecule has 104 valence electrons. The molecule has 1 atom stereocenters. The number of non-ortho nitro benzene ring substituents is 1. The number of ether oxygens (including phenoxy) is 2. The largest absolute Gasteiger partial charge is 0.504 e. The molecular formula is C12H15NO6. The van der Waals surface area contributed by atoms with Crippen molar-refractivity contribution in [2.45, 2.75) is 13.3 Å². The summed E-state index contributed by atoms with van der Waals surface area (Å²) in [6, 6.07) is 3.51. The third kappa shape index (κ3) is 4.46. The maximum atomic E-state index is 11.0. The molecule has 1 aromatic carbocycles. The smallest absolute Gasteiger partial charge is 0.305 e. The molecule has 0 spiro atoms. The summed E-state index contributed by atoms with van der Waals surface area (Å²) < 4.78 is 9.79. The van der Waals surface area contributed by atoms with E-state index in [-0.39, 0.29) is 42.1 Å². The first kappa shape index (κ1) is 14.7. The summed E-state index contributed by atoms with van der Waals surface area (Å²) in [7, 11) is 1.29. The van der Waals surface area contributed by atoms with E-state index in [1.807, 2.05) is 0 Å². The predicted molar refractivity (Wildman–Crippen MR) is 66.1 cm³/mol. The molecule has 0 aliphatic heterocycles. The lowest BCUT2D eigenvalue weighted by atomic mass is 10.1. The zero-order valence-electron chi connectivity index (χ0n) is 10.7. The number of nitrogens with zero attached hydrogens (tertiary/aromatic N) is 1. The van der Waals surface area contributed by atoms with E-state index in [2.05, 4.69) is 4.74 Å². The highest BCUT2D eigenvalue weighted by Gasteiger charge is 2.14. The molecule has 0 aliphatic carbocycles. The van der Waals surface area contributed by atoms with Crippen LogP contribution in [0.5, 0.6) is 11.5 Å². The van der Waals surface area contributed by atoms with E-state index in [0.717, 1.165) is 6.07 Å². The van der Waals surface area contributed by atoms with Crippen LogP contribution in [-0.2, 0) is 9.53 Å². The fourth-order valence-electron chi connectivity index (χ4n) is 1.39. The molecule has 0 aliphatic rings. The second kappa shape index (κ2) is 6.58. The van der Waals surface area contributed by atoms with Gasteiger partial charge in [0.2, 0.25) is 0 Å². The quantitative estimate of drug-likeness (QED) is 0.481. The van der Waals surface area contributed by atoms with Gasteiger partial charge in [0.05, 0.1) is 31.1 Å². The van der Waals surface area contributed by atoms with Crippen molar-refractivity contribution in [1.82, 2.24) is 0 Å². The molecule has 1 aromatic rings. The topological polar surface area (TPSA) is 98.9 Å². The van der Waals surface area contributed by atoms with E-state index in [4.69, 9.17) is 4.74 Å². The van der Waals surface area contributed by atoms with Crippen molar-refractivity contribution >= 4 is 11.7 Å². The molecule has 0 bridgehead atoms. The summed E-state index contributed by atoms with van der Waals surface area (Å²) in [5, 5.41) is 20.1. The summed E-state index contributed by atoms with van der Waals surface area (Å²) in [6.45, 7) is 1.91. The molecule has 7 heteroatoms. The zero-order chi connectivity index (χ0) is 14.4. The highest BCUT2D eigenvalue weighted by Crippen LogP contribution is 2.30. The number of nitro benzene ring substituents is 1. The van der Waals surface area contributed by atoms with Crippen molar-refractivity contribution in [2.24, 2.45) is 5.92 Å². The predicted octanol–water partition coefficient (Wildman–Crippen LogP) is 1.88. The Labute approximate surface area is 109 Å². The third-order valence-electron chi connectivity index (χ3n) is 2.42. The molecular weight excluding hydrogens is 254 g/mol. The number of aromatic hydroxyl groups is 1. The van der Waals surface area contributed by atoms with Gasteiger partial charge in [-0.2, -0.15) is 0 Å². The van der Waals surface area contributed by atoms with Gasteiger partial charge < -0.3 is 14.6 Å². The van der Waals surface area contributed by atoms with Crippen LogP contribution in [0.15, 0.2) is 18.2 Å². The van der Waals surface area contributed by atoms with Gasteiger partial charge in [-0.3, -0.25) is 14.9 Å². The van der Waals surface area contributed by atoms with Gasteiger partial charge in [0.1, 0.15) is 0 Å². The van der Waals surface area contributed by atoms with Crippen LogP contribution in [0.25, 0.3) is 0 Å². The van der Waals surface area contributed by atoms with Crippen molar-refractivity contribution in [3.8, 4) is 11.5 Å². The molecule has 0 saturated carbocycles. The van der Waals surface area contributed by atoms with Crippen molar-refractivity contribution in [3.05, 3.63) is 28.3 Å². The Kier molecular flexibility index (Phi) is 5.11. The molecule has 1 rings (SSSR count). The number of hydrogen-bond acceptors (Lipinski definition) is 6. The SMILES string of the molecule is COC(=O)CC(C)COc1cc([N+](=O)[O-])ccc1O. The molecule has 0 radical (unpaired) electrons. The molecule has 0 heterocycles. The number of phenolic OH excluding ortho intramolecular Hbond substituents is 1. The molecule has 19 heavy (non-hydrogen) atoms. The van der Waals surface area contributed by atoms with Gasteiger partial charge in [0, 0.05) is 12.0 Å². The number of phenols is 1. The number of carbonyl (C=O) groups excluding carboxylic acids is 1. The van der Waals surface area contributed by atoms with Crippen molar-refractivity contribution in [1.29, 1.82) is 0 Å². The van der Waals surface area contributed by atoms with Gasteiger partial charge in [-0.25, -0.2) is 0 Å². The number of nitro groups is 1. The lowest BCUT2D eigenvalue weighted by molar-refractivity contribution is -0.385. The van der Waals surface area contributed by atoms with Crippen LogP contribution in [0, 0.1) is 16.0 Å². The van der Waals surface area contributed by atoms with Crippen LogP contribution >= 0.6 is 0 Å². The average molecular weight is 269 g/mol. The maximum absolute atomic E-state index is 11.0. The first-order chi connectivity index (χ1) is 8.93. The third-order valence-corrected chi connectivity index (χ3v) is 2.42. The lowest BCUT2D eigenvalue weighted by Gasteiger charge is -2.12. The van der Waals surface area contributed by atoms with Crippen LogP contribution < -0.4 is 4.74 Å². The summed E-state index contributed by atoms with van der Waals surface area (Å²) >= 11 is 0. The first-order valence-corrected chi connectivity index (χ1v) is 5.61. The maximum Gasteiger partial charge on any atom is 0.305 e. The summed E-state index contributed by atoms with van der Waals surface area (Å²) in [5.74, 6) is -0.660. The highest BCUT2D eigenvalue weighted by atomic mass is 16.6. The molecule has 7 nitrogen and oxygen atoms in total. The Morgan fingerprint density at radius 1 is 1.53 bits per heavy atom. The molecule has 0 fully saturated rings. The molecule has 0 amide bonds. The van der Waals surface area contributed by atoms with Crippen LogP contribution in [0.1, 0.15) is 13.3 Å². The van der Waals surface area contributed by atoms with Crippen molar-refractivity contribution in [3.63, 3.8) is 0 Å². The molecule has 0 aromatic heterocycles. The summed E-state index contributed by atoms with van der Waals surface area (Å²) in [5.41, 5.74) is -0.173. The number of methoxy groups -OCH3 is 1. The summed E-state index contributed by atoms with van der Waals surface area (Å²) in [4.78, 5) is 21.0. The standard InChI is InChI=1S/C12H15NO6/c1-8(5-12(15)18-2)7-19-11-6-9(13(16)17)3-4-10(11)14/h3-4,6,8,14H,5,7H2,1-2H3. The fourth-order valence-corrected chi connectivity index (χ4v) is 1.39.